The zero-order valence-electron chi connectivity index (χ0n) is 12.9. The van der Waals surface area contributed by atoms with Gasteiger partial charge >= 0.3 is 5.82 Å². The highest BCUT2D eigenvalue weighted by atomic mass is 32.1. The summed E-state index contributed by atoms with van der Waals surface area (Å²) < 4.78 is 7.07. The van der Waals surface area contributed by atoms with Crippen LogP contribution in [-0.4, -0.2) is 36.7 Å². The van der Waals surface area contributed by atoms with Crippen LogP contribution in [0.2, 0.25) is 0 Å². The van der Waals surface area contributed by atoms with Crippen molar-refractivity contribution in [1.29, 1.82) is 0 Å². The number of hydrogen-bond acceptors (Lipinski definition) is 6. The van der Waals surface area contributed by atoms with Gasteiger partial charge in [0, 0.05) is 12.1 Å². The monoisotopic (exact) mass is 359 g/mol. The fourth-order valence-corrected chi connectivity index (χ4v) is 2.95. The first-order chi connectivity index (χ1) is 12.0. The van der Waals surface area contributed by atoms with Crippen LogP contribution >= 0.6 is 12.2 Å². The van der Waals surface area contributed by atoms with Crippen molar-refractivity contribution in [1.82, 2.24) is 20.0 Å². The van der Waals surface area contributed by atoms with Gasteiger partial charge in [-0.3, -0.25) is 9.69 Å². The van der Waals surface area contributed by atoms with E-state index < -0.39 is 4.92 Å². The lowest BCUT2D eigenvalue weighted by atomic mass is 10.3. The van der Waals surface area contributed by atoms with E-state index in [1.54, 1.807) is 23.1 Å². The third kappa shape index (κ3) is 3.03. The van der Waals surface area contributed by atoms with Gasteiger partial charge in [0.05, 0.1) is 17.4 Å². The van der Waals surface area contributed by atoms with Gasteiger partial charge in [-0.2, -0.15) is 4.68 Å². The Labute approximate surface area is 147 Å². The Bertz CT molecular complexity index is 911. The van der Waals surface area contributed by atoms with E-state index in [0.717, 1.165) is 12.8 Å². The minimum atomic E-state index is -0.555. The van der Waals surface area contributed by atoms with Crippen LogP contribution in [-0.2, 0) is 11.3 Å². The summed E-state index contributed by atoms with van der Waals surface area (Å²) in [6, 6.07) is 4.98. The van der Waals surface area contributed by atoms with Gasteiger partial charge in [-0.05, 0) is 42.1 Å². The van der Waals surface area contributed by atoms with E-state index in [1.807, 2.05) is 0 Å². The number of rotatable bonds is 5. The van der Waals surface area contributed by atoms with Crippen molar-refractivity contribution in [2.24, 2.45) is 0 Å². The molecule has 2 aromatic heterocycles. The minimum absolute atomic E-state index is 0.145. The summed E-state index contributed by atoms with van der Waals surface area (Å²) in [6.07, 6.45) is 5.06. The molecule has 25 heavy (non-hydrogen) atoms. The fraction of sp³-hybridized carbons (Fsp3) is 0.267. The Morgan fingerprint density at radius 3 is 2.92 bits per heavy atom. The van der Waals surface area contributed by atoms with Crippen molar-refractivity contribution in [3.8, 4) is 0 Å². The molecule has 1 saturated carbocycles. The van der Waals surface area contributed by atoms with Gasteiger partial charge in [0.25, 0.3) is 5.91 Å². The number of furan rings is 1. The number of nitrogens with one attached hydrogen (secondary N) is 1. The molecule has 9 nitrogen and oxygen atoms in total. The van der Waals surface area contributed by atoms with Crippen LogP contribution in [0.1, 0.15) is 24.4 Å². The summed E-state index contributed by atoms with van der Waals surface area (Å²) >= 11 is 5.20. The number of thiocarbonyl (C=S) groups is 1. The lowest BCUT2D eigenvalue weighted by molar-refractivity contribution is -0.389. The Morgan fingerprint density at radius 2 is 2.24 bits per heavy atom. The second-order valence-electron chi connectivity index (χ2n) is 5.83. The maximum Gasteiger partial charge on any atom is 0.389 e. The number of amides is 1. The maximum absolute atomic E-state index is 12.4. The quantitative estimate of drug-likeness (QED) is 0.374. The molecule has 0 atom stereocenters. The molecular formula is C15H13N5O4S. The van der Waals surface area contributed by atoms with Gasteiger partial charge < -0.3 is 19.8 Å². The van der Waals surface area contributed by atoms with E-state index >= 15 is 0 Å². The predicted octanol–water partition coefficient (Wildman–Crippen LogP) is 1.65. The molecule has 0 spiro atoms. The van der Waals surface area contributed by atoms with Gasteiger partial charge in [0.2, 0.25) is 0 Å². The van der Waals surface area contributed by atoms with Crippen LogP contribution in [0, 0.1) is 10.1 Å². The molecule has 0 aromatic carbocycles. The fourth-order valence-electron chi connectivity index (χ4n) is 2.61. The van der Waals surface area contributed by atoms with Crippen LogP contribution in [0.3, 0.4) is 0 Å². The topological polar surface area (TPSA) is 106 Å². The van der Waals surface area contributed by atoms with Crippen molar-refractivity contribution in [3.63, 3.8) is 0 Å². The number of nitro groups is 1. The molecule has 1 aliphatic heterocycles. The Morgan fingerprint density at radius 1 is 1.44 bits per heavy atom. The maximum atomic E-state index is 12.4. The normalized spacial score (nSPS) is 18.9. The van der Waals surface area contributed by atoms with Crippen LogP contribution < -0.4 is 5.32 Å². The second kappa shape index (κ2) is 5.81. The molecule has 2 fully saturated rings. The van der Waals surface area contributed by atoms with Gasteiger partial charge in [0.1, 0.15) is 23.8 Å². The SMILES string of the molecule is O=C1/C(=C\c2ccc(Cn3ccc([N+](=O)[O-])n3)o2)NC(=S)N1C1CC1. The largest absolute Gasteiger partial charge is 0.460 e. The zero-order valence-corrected chi connectivity index (χ0v) is 13.7. The van der Waals surface area contributed by atoms with Crippen LogP contribution in [0.5, 0.6) is 0 Å². The smallest absolute Gasteiger partial charge is 0.389 e. The lowest BCUT2D eigenvalue weighted by Gasteiger charge is -2.11. The number of carbonyl (C=O) groups excluding carboxylic acids is 1. The van der Waals surface area contributed by atoms with Gasteiger partial charge in [-0.1, -0.05) is 0 Å². The average molecular weight is 359 g/mol. The average Bonchev–Trinajstić information content (AvgIpc) is 3.00. The summed E-state index contributed by atoms with van der Waals surface area (Å²) in [5.74, 6) is 0.696. The molecule has 1 amide bonds. The minimum Gasteiger partial charge on any atom is -0.460 e. The zero-order chi connectivity index (χ0) is 17.6. The van der Waals surface area contributed by atoms with E-state index in [4.69, 9.17) is 16.6 Å². The predicted molar refractivity (Wildman–Crippen MR) is 90.3 cm³/mol. The number of hydrogen-bond donors (Lipinski definition) is 1. The second-order valence-corrected chi connectivity index (χ2v) is 6.21. The van der Waals surface area contributed by atoms with Crippen molar-refractivity contribution in [2.75, 3.05) is 0 Å². The summed E-state index contributed by atoms with van der Waals surface area (Å²) in [5, 5.41) is 17.8. The highest BCUT2D eigenvalue weighted by Crippen LogP contribution is 2.31. The van der Waals surface area contributed by atoms with Gasteiger partial charge in [-0.25, -0.2) is 0 Å². The van der Waals surface area contributed by atoms with Gasteiger partial charge in [0.15, 0.2) is 5.11 Å². The van der Waals surface area contributed by atoms with E-state index in [-0.39, 0.29) is 24.3 Å². The third-order valence-electron chi connectivity index (χ3n) is 3.92. The summed E-state index contributed by atoms with van der Waals surface area (Å²) in [4.78, 5) is 24.0. The number of nitrogens with zero attached hydrogens (tertiary/aromatic N) is 4. The first-order valence-corrected chi connectivity index (χ1v) is 8.05. The molecule has 0 bridgehead atoms. The first-order valence-electron chi connectivity index (χ1n) is 7.64. The van der Waals surface area contributed by atoms with Crippen LogP contribution in [0.4, 0.5) is 5.82 Å². The third-order valence-corrected chi connectivity index (χ3v) is 4.22. The highest BCUT2D eigenvalue weighted by Gasteiger charge is 2.41. The highest BCUT2D eigenvalue weighted by molar-refractivity contribution is 7.80. The summed E-state index contributed by atoms with van der Waals surface area (Å²) in [5.41, 5.74) is 0.382. The molecule has 1 saturated heterocycles. The number of carbonyl (C=O) groups is 1. The number of aromatic nitrogens is 2. The molecule has 128 valence electrons. The molecule has 2 aliphatic rings. The Kier molecular flexibility index (Phi) is 3.61. The van der Waals surface area contributed by atoms with Crippen LogP contribution in [0.15, 0.2) is 34.5 Å². The summed E-state index contributed by atoms with van der Waals surface area (Å²) in [6.45, 7) is 0.255. The van der Waals surface area contributed by atoms with E-state index in [0.29, 0.717) is 22.3 Å². The molecule has 4 rings (SSSR count). The molecule has 0 unspecified atom stereocenters. The van der Waals surface area contributed by atoms with Gasteiger partial charge in [-0.15, -0.1) is 0 Å². The summed E-state index contributed by atoms with van der Waals surface area (Å²) in [7, 11) is 0. The first kappa shape index (κ1) is 15.5. The van der Waals surface area contributed by atoms with Crippen molar-refractivity contribution >= 4 is 35.1 Å². The molecule has 3 heterocycles. The molecule has 0 radical (unpaired) electrons. The molecule has 10 heteroatoms. The van der Waals surface area contributed by atoms with Crippen molar-refractivity contribution in [2.45, 2.75) is 25.4 Å². The van der Waals surface area contributed by atoms with Crippen molar-refractivity contribution < 1.29 is 14.1 Å². The van der Waals surface area contributed by atoms with Crippen molar-refractivity contribution in [3.05, 3.63) is 51.7 Å². The Hall–Kier alpha value is -3.01. The lowest BCUT2D eigenvalue weighted by Crippen LogP contribution is -2.32. The van der Waals surface area contributed by atoms with E-state index in [2.05, 4.69) is 10.4 Å². The Balaban J connectivity index is 1.48. The van der Waals surface area contributed by atoms with E-state index in [1.165, 1.54) is 16.9 Å². The molecular weight excluding hydrogens is 346 g/mol. The molecule has 2 aromatic rings. The van der Waals surface area contributed by atoms with E-state index in [9.17, 15) is 14.9 Å². The molecule has 1 N–H and O–H groups in total. The molecule has 1 aliphatic carbocycles. The van der Waals surface area contributed by atoms with Crippen LogP contribution in [0.25, 0.3) is 6.08 Å². The standard InChI is InChI=1S/C15H13N5O4S/c21-14-12(16-15(25)19(14)9-1-2-9)7-10-3-4-11(24-10)8-18-6-5-13(17-18)20(22)23/h3-7,9H,1-2,8H2,(H,16,25)/b12-7+.